The number of hydrogen-bond acceptors (Lipinski definition) is 4. The highest BCUT2D eigenvalue weighted by Crippen LogP contribution is 2.32. The number of carbonyl (C=O) groups excluding carboxylic acids is 2. The molecule has 0 atom stereocenters. The fraction of sp³-hybridized carbons (Fsp3) is 0.0588. The Labute approximate surface area is 170 Å². The van der Waals surface area contributed by atoms with Crippen molar-refractivity contribution in [2.75, 3.05) is 0 Å². The normalized spacial score (nSPS) is 15.7. The molecule has 1 N–H and O–H groups in total. The maximum Gasteiger partial charge on any atom is 0.290 e. The maximum absolute atomic E-state index is 11.6. The van der Waals surface area contributed by atoms with Crippen molar-refractivity contribution >= 4 is 74.2 Å². The summed E-state index contributed by atoms with van der Waals surface area (Å²) < 4.78 is 7.85. The van der Waals surface area contributed by atoms with Crippen LogP contribution in [0.3, 0.4) is 0 Å². The van der Waals surface area contributed by atoms with E-state index in [0.29, 0.717) is 11.5 Å². The first kappa shape index (κ1) is 17.7. The van der Waals surface area contributed by atoms with Crippen molar-refractivity contribution in [1.82, 2.24) is 5.32 Å². The van der Waals surface area contributed by atoms with Crippen LogP contribution < -0.4 is 10.1 Å². The molecule has 1 fully saturated rings. The summed E-state index contributed by atoms with van der Waals surface area (Å²) in [5.74, 6) is 0.473. The summed E-state index contributed by atoms with van der Waals surface area (Å²) in [7, 11) is 0. The Morgan fingerprint density at radius 3 is 2.33 bits per heavy atom. The second kappa shape index (κ2) is 7.87. The fourth-order valence-corrected chi connectivity index (χ4v) is 4.91. The number of rotatable bonds is 4. The maximum atomic E-state index is 11.6. The molecular formula is C17H11I2NO3S. The van der Waals surface area contributed by atoms with Gasteiger partial charge in [0.15, 0.2) is 0 Å². The minimum Gasteiger partial charge on any atom is -0.487 e. The molecule has 1 saturated heterocycles. The summed E-state index contributed by atoms with van der Waals surface area (Å²) in [6.45, 7) is 0.500. The molecule has 4 nitrogen and oxygen atoms in total. The fourth-order valence-electron chi connectivity index (χ4n) is 2.10. The lowest BCUT2D eigenvalue weighted by Crippen LogP contribution is -2.17. The van der Waals surface area contributed by atoms with Crippen LogP contribution in [0.1, 0.15) is 11.1 Å². The van der Waals surface area contributed by atoms with Crippen molar-refractivity contribution in [2.24, 2.45) is 0 Å². The Balaban J connectivity index is 1.80. The van der Waals surface area contributed by atoms with E-state index in [1.54, 1.807) is 6.08 Å². The summed E-state index contributed by atoms with van der Waals surface area (Å²) in [5, 5.41) is 1.92. The number of halogens is 2. The summed E-state index contributed by atoms with van der Waals surface area (Å²) in [5.41, 5.74) is 1.97. The van der Waals surface area contributed by atoms with Crippen LogP contribution in [0.2, 0.25) is 0 Å². The summed E-state index contributed by atoms with van der Waals surface area (Å²) in [6, 6.07) is 13.8. The van der Waals surface area contributed by atoms with Crippen molar-refractivity contribution < 1.29 is 14.3 Å². The van der Waals surface area contributed by atoms with Crippen molar-refractivity contribution in [1.29, 1.82) is 0 Å². The number of carbonyl (C=O) groups is 2. The Kier molecular flexibility index (Phi) is 5.82. The molecule has 0 radical (unpaired) electrons. The summed E-state index contributed by atoms with van der Waals surface area (Å²) in [6.07, 6.45) is 1.72. The van der Waals surface area contributed by atoms with E-state index < -0.39 is 0 Å². The van der Waals surface area contributed by atoms with Gasteiger partial charge in [-0.3, -0.25) is 14.9 Å². The SMILES string of the molecule is O=C1NC(=O)/C(=C\c2cc(I)c(OCc3ccccc3)c(I)c2)S1. The molecule has 122 valence electrons. The van der Waals surface area contributed by atoms with Gasteiger partial charge in [-0.15, -0.1) is 0 Å². The number of hydrogen-bond donors (Lipinski definition) is 1. The van der Waals surface area contributed by atoms with E-state index in [1.165, 1.54) is 0 Å². The van der Waals surface area contributed by atoms with Gasteiger partial charge >= 0.3 is 0 Å². The third kappa shape index (κ3) is 4.31. The Morgan fingerprint density at radius 1 is 1.08 bits per heavy atom. The number of amides is 2. The molecule has 1 aliphatic heterocycles. The third-order valence-electron chi connectivity index (χ3n) is 3.19. The highest BCUT2D eigenvalue weighted by Gasteiger charge is 2.25. The first-order valence-electron chi connectivity index (χ1n) is 6.93. The standard InChI is InChI=1S/C17H11I2NO3S/c18-12-6-11(8-14-16(21)20-17(22)24-14)7-13(19)15(12)23-9-10-4-2-1-3-5-10/h1-8H,9H2,(H,20,21,22)/b14-8+. The lowest BCUT2D eigenvalue weighted by Gasteiger charge is -2.11. The summed E-state index contributed by atoms with van der Waals surface area (Å²) >= 11 is 5.35. The number of benzene rings is 2. The predicted molar refractivity (Wildman–Crippen MR) is 112 cm³/mol. The lowest BCUT2D eigenvalue weighted by molar-refractivity contribution is -0.115. The molecule has 1 aliphatic rings. The van der Waals surface area contributed by atoms with Crippen molar-refractivity contribution in [3.63, 3.8) is 0 Å². The first-order chi connectivity index (χ1) is 11.5. The highest BCUT2D eigenvalue weighted by atomic mass is 127. The van der Waals surface area contributed by atoms with E-state index in [-0.39, 0.29) is 11.1 Å². The molecule has 7 heteroatoms. The minimum atomic E-state index is -0.348. The molecule has 0 aliphatic carbocycles. The van der Waals surface area contributed by atoms with Crippen LogP contribution >= 0.6 is 56.9 Å². The highest BCUT2D eigenvalue weighted by molar-refractivity contribution is 14.1. The molecule has 0 bridgehead atoms. The van der Waals surface area contributed by atoms with E-state index in [1.807, 2.05) is 42.5 Å². The van der Waals surface area contributed by atoms with Gasteiger partial charge in [-0.25, -0.2) is 0 Å². The predicted octanol–water partition coefficient (Wildman–Crippen LogP) is 4.80. The van der Waals surface area contributed by atoms with E-state index in [0.717, 1.165) is 35.8 Å². The molecule has 0 aromatic heterocycles. The Morgan fingerprint density at radius 2 is 1.75 bits per heavy atom. The van der Waals surface area contributed by atoms with E-state index in [4.69, 9.17) is 4.74 Å². The van der Waals surface area contributed by atoms with E-state index in [2.05, 4.69) is 50.5 Å². The first-order valence-corrected chi connectivity index (χ1v) is 9.91. The van der Waals surface area contributed by atoms with Crippen LogP contribution in [0.25, 0.3) is 6.08 Å². The van der Waals surface area contributed by atoms with Gasteiger partial charge in [0.2, 0.25) is 0 Å². The van der Waals surface area contributed by atoms with Gasteiger partial charge in [0, 0.05) is 0 Å². The largest absolute Gasteiger partial charge is 0.487 e. The van der Waals surface area contributed by atoms with E-state index in [9.17, 15) is 9.59 Å². The van der Waals surface area contributed by atoms with Gasteiger partial charge in [-0.2, -0.15) is 0 Å². The quantitative estimate of drug-likeness (QED) is 0.430. The average molecular weight is 563 g/mol. The molecule has 1 heterocycles. The van der Waals surface area contributed by atoms with E-state index >= 15 is 0 Å². The number of ether oxygens (including phenoxy) is 1. The topological polar surface area (TPSA) is 55.4 Å². The number of imide groups is 1. The molecule has 2 aromatic rings. The molecule has 3 rings (SSSR count). The summed E-state index contributed by atoms with van der Waals surface area (Å²) in [4.78, 5) is 23.3. The average Bonchev–Trinajstić information content (AvgIpc) is 2.85. The molecule has 2 amide bonds. The third-order valence-corrected chi connectivity index (χ3v) is 5.60. The van der Waals surface area contributed by atoms with Gasteiger partial charge in [-0.05, 0) is 86.3 Å². The van der Waals surface area contributed by atoms with Gasteiger partial charge in [-0.1, -0.05) is 30.3 Å². The second-order valence-corrected chi connectivity index (χ2v) is 8.28. The zero-order valence-corrected chi connectivity index (χ0v) is 17.3. The van der Waals surface area contributed by atoms with Crippen LogP contribution in [-0.4, -0.2) is 11.1 Å². The Bertz CT molecular complexity index is 814. The molecule has 24 heavy (non-hydrogen) atoms. The minimum absolute atomic E-state index is 0.335. The van der Waals surface area contributed by atoms with Gasteiger partial charge < -0.3 is 4.74 Å². The van der Waals surface area contributed by atoms with Crippen LogP contribution in [0.4, 0.5) is 4.79 Å². The zero-order valence-electron chi connectivity index (χ0n) is 12.2. The van der Waals surface area contributed by atoms with Crippen LogP contribution in [0.15, 0.2) is 47.4 Å². The van der Waals surface area contributed by atoms with Crippen molar-refractivity contribution in [3.8, 4) is 5.75 Å². The molecule has 2 aromatic carbocycles. The Hall–Kier alpha value is -1.07. The molecular weight excluding hydrogens is 552 g/mol. The smallest absolute Gasteiger partial charge is 0.290 e. The molecule has 0 unspecified atom stereocenters. The number of nitrogens with one attached hydrogen (secondary N) is 1. The van der Waals surface area contributed by atoms with Crippen LogP contribution in [0.5, 0.6) is 5.75 Å². The molecule has 0 spiro atoms. The van der Waals surface area contributed by atoms with Gasteiger partial charge in [0.25, 0.3) is 11.1 Å². The van der Waals surface area contributed by atoms with Crippen molar-refractivity contribution in [3.05, 3.63) is 65.6 Å². The van der Waals surface area contributed by atoms with Crippen LogP contribution in [0, 0.1) is 7.14 Å². The monoisotopic (exact) mass is 563 g/mol. The lowest BCUT2D eigenvalue weighted by atomic mass is 10.2. The second-order valence-electron chi connectivity index (χ2n) is 4.94. The van der Waals surface area contributed by atoms with Crippen molar-refractivity contribution in [2.45, 2.75) is 6.61 Å². The van der Waals surface area contributed by atoms with Crippen LogP contribution in [-0.2, 0) is 11.4 Å². The zero-order chi connectivity index (χ0) is 17.1. The number of thioether (sulfide) groups is 1. The van der Waals surface area contributed by atoms with Gasteiger partial charge in [0.1, 0.15) is 12.4 Å². The van der Waals surface area contributed by atoms with Gasteiger partial charge in [0.05, 0.1) is 12.0 Å². The molecule has 0 saturated carbocycles.